The second-order valence-corrected chi connectivity index (χ2v) is 6.73. The number of hydrogen-bond acceptors (Lipinski definition) is 5. The molecule has 2 fully saturated rings. The van der Waals surface area contributed by atoms with Crippen LogP contribution >= 0.6 is 22.6 Å². The Morgan fingerprint density at radius 3 is 2.81 bits per heavy atom. The van der Waals surface area contributed by atoms with Gasteiger partial charge in [-0.1, -0.05) is 52.9 Å². The van der Waals surface area contributed by atoms with Crippen LogP contribution in [0.5, 0.6) is 0 Å². The first kappa shape index (κ1) is 15.2. The summed E-state index contributed by atoms with van der Waals surface area (Å²) in [4.78, 5) is 11.6. The third-order valence-electron chi connectivity index (χ3n) is 3.86. The molecule has 1 aromatic carbocycles. The van der Waals surface area contributed by atoms with Gasteiger partial charge in [0.25, 0.3) is 0 Å². The monoisotopic (exact) mass is 404 g/mol. The van der Waals surface area contributed by atoms with E-state index in [-0.39, 0.29) is 34.6 Å². The minimum Gasteiger partial charge on any atom is -0.461 e. The Morgan fingerprint density at radius 1 is 1.33 bits per heavy atom. The maximum atomic E-state index is 11.6. The Labute approximate surface area is 136 Å². The van der Waals surface area contributed by atoms with Crippen molar-refractivity contribution in [3.63, 3.8) is 0 Å². The Hall–Kier alpha value is -0.700. The Kier molecular flexibility index (Phi) is 4.78. The van der Waals surface area contributed by atoms with Crippen LogP contribution in [-0.2, 0) is 25.6 Å². The van der Waals surface area contributed by atoms with E-state index in [4.69, 9.17) is 14.2 Å². The fourth-order valence-corrected chi connectivity index (χ4v) is 3.84. The van der Waals surface area contributed by atoms with Gasteiger partial charge in [0.2, 0.25) is 0 Å². The summed E-state index contributed by atoms with van der Waals surface area (Å²) >= 11 is 2.18. The van der Waals surface area contributed by atoms with E-state index in [1.54, 1.807) is 0 Å². The average molecular weight is 404 g/mol. The summed E-state index contributed by atoms with van der Waals surface area (Å²) < 4.78 is 17.0. The lowest BCUT2D eigenvalue weighted by atomic mass is 9.93. The molecule has 0 saturated carbocycles. The first-order chi connectivity index (χ1) is 10.2. The normalized spacial score (nSPS) is 35.3. The summed E-state index contributed by atoms with van der Waals surface area (Å²) in [6, 6.07) is 9.79. The lowest BCUT2D eigenvalue weighted by Crippen LogP contribution is -2.52. The van der Waals surface area contributed by atoms with Crippen LogP contribution in [0, 0.1) is 5.92 Å². The highest BCUT2D eigenvalue weighted by Crippen LogP contribution is 2.39. The summed E-state index contributed by atoms with van der Waals surface area (Å²) in [7, 11) is 0. The molecule has 0 radical (unpaired) electrons. The number of fused-ring (bicyclic) bond motifs is 1. The fourth-order valence-electron chi connectivity index (χ4n) is 2.77. The maximum Gasteiger partial charge on any atom is 0.306 e. The van der Waals surface area contributed by atoms with E-state index in [0.29, 0.717) is 13.0 Å². The molecule has 114 valence electrons. The average Bonchev–Trinajstić information content (AvgIpc) is 2.90. The van der Waals surface area contributed by atoms with Gasteiger partial charge in [-0.3, -0.25) is 4.79 Å². The zero-order valence-corrected chi connectivity index (χ0v) is 13.5. The van der Waals surface area contributed by atoms with Crippen LogP contribution in [0.25, 0.3) is 0 Å². The van der Waals surface area contributed by atoms with E-state index in [1.807, 2.05) is 30.3 Å². The number of rotatable bonds is 4. The van der Waals surface area contributed by atoms with Crippen molar-refractivity contribution in [3.8, 4) is 0 Å². The summed E-state index contributed by atoms with van der Waals surface area (Å²) in [6.07, 6.45) is -0.838. The van der Waals surface area contributed by atoms with Crippen molar-refractivity contribution in [2.45, 2.75) is 35.5 Å². The zero-order chi connectivity index (χ0) is 14.8. The van der Waals surface area contributed by atoms with Gasteiger partial charge >= 0.3 is 5.97 Å². The molecular formula is C15H17IO5. The molecule has 0 aliphatic carbocycles. The number of carbonyl (C=O) groups excluding carboxylic acids is 1. The number of ether oxygens (including phenoxy) is 3. The number of benzene rings is 1. The van der Waals surface area contributed by atoms with Gasteiger partial charge in [0.1, 0.15) is 6.10 Å². The molecule has 2 saturated heterocycles. The largest absolute Gasteiger partial charge is 0.461 e. The van der Waals surface area contributed by atoms with E-state index in [1.165, 1.54) is 0 Å². The molecule has 5 atom stereocenters. The minimum absolute atomic E-state index is 0.0550. The molecule has 2 heterocycles. The molecule has 0 bridgehead atoms. The number of esters is 1. The topological polar surface area (TPSA) is 65.0 Å². The Morgan fingerprint density at radius 2 is 2.10 bits per heavy atom. The first-order valence-electron chi connectivity index (χ1n) is 6.94. The van der Waals surface area contributed by atoms with Gasteiger partial charge in [0.05, 0.1) is 35.6 Å². The molecule has 0 aromatic heterocycles. The molecule has 21 heavy (non-hydrogen) atoms. The van der Waals surface area contributed by atoms with Gasteiger partial charge in [-0.15, -0.1) is 0 Å². The van der Waals surface area contributed by atoms with Gasteiger partial charge in [0, 0.05) is 0 Å². The number of hydrogen-bond donors (Lipinski definition) is 1. The Balaban J connectivity index is 1.69. The number of carbonyl (C=O) groups is 1. The molecule has 5 nitrogen and oxygen atoms in total. The number of aliphatic hydroxyl groups excluding tert-OH is 1. The summed E-state index contributed by atoms with van der Waals surface area (Å²) in [5, 5.41) is 9.42. The van der Waals surface area contributed by atoms with Gasteiger partial charge < -0.3 is 19.3 Å². The molecule has 3 rings (SSSR count). The number of aliphatic hydroxyl groups is 1. The van der Waals surface area contributed by atoms with Gasteiger partial charge in [-0.05, 0) is 5.56 Å². The van der Waals surface area contributed by atoms with Crippen molar-refractivity contribution in [2.75, 3.05) is 6.61 Å². The zero-order valence-electron chi connectivity index (χ0n) is 11.4. The highest BCUT2D eigenvalue weighted by Gasteiger charge is 2.51. The third-order valence-corrected chi connectivity index (χ3v) is 5.37. The van der Waals surface area contributed by atoms with E-state index in [9.17, 15) is 9.90 Å². The van der Waals surface area contributed by atoms with Crippen LogP contribution in [0.1, 0.15) is 12.0 Å². The highest BCUT2D eigenvalue weighted by molar-refractivity contribution is 14.1. The third kappa shape index (κ3) is 3.23. The molecule has 0 unspecified atom stereocenters. The van der Waals surface area contributed by atoms with Crippen LogP contribution in [0.3, 0.4) is 0 Å². The molecular weight excluding hydrogens is 387 g/mol. The van der Waals surface area contributed by atoms with Crippen LogP contribution in [0.4, 0.5) is 0 Å². The second kappa shape index (κ2) is 6.60. The van der Waals surface area contributed by atoms with Crippen LogP contribution < -0.4 is 0 Å². The SMILES string of the molecule is O=C1C[C@H]2[C@@H](OCc3ccccc3)O[C@H](CO)[C@H](I)[C@H]2O1. The summed E-state index contributed by atoms with van der Waals surface area (Å²) in [6.45, 7) is 0.298. The molecule has 0 amide bonds. The first-order valence-corrected chi connectivity index (χ1v) is 8.19. The molecule has 0 spiro atoms. The standard InChI is InChI=1S/C15H17IO5/c16-13-11(7-17)20-15(10-6-12(18)21-14(10)13)19-8-9-4-2-1-3-5-9/h1-5,10-11,13-15,17H,6-8H2/t10-,11-,13+,14+,15+/m1/s1. The predicted molar refractivity (Wildman–Crippen MR) is 82.8 cm³/mol. The number of halogens is 1. The smallest absolute Gasteiger partial charge is 0.306 e. The van der Waals surface area contributed by atoms with E-state index >= 15 is 0 Å². The van der Waals surface area contributed by atoms with Crippen molar-refractivity contribution in [1.29, 1.82) is 0 Å². The summed E-state index contributed by atoms with van der Waals surface area (Å²) in [5.41, 5.74) is 1.04. The molecule has 1 N–H and O–H groups in total. The van der Waals surface area contributed by atoms with Crippen molar-refractivity contribution in [2.24, 2.45) is 5.92 Å². The van der Waals surface area contributed by atoms with Crippen molar-refractivity contribution < 1.29 is 24.1 Å². The van der Waals surface area contributed by atoms with Crippen molar-refractivity contribution in [1.82, 2.24) is 0 Å². The lowest BCUT2D eigenvalue weighted by molar-refractivity contribution is -0.242. The molecule has 2 aliphatic heterocycles. The van der Waals surface area contributed by atoms with E-state index in [0.717, 1.165) is 5.56 Å². The number of alkyl halides is 1. The van der Waals surface area contributed by atoms with Gasteiger partial charge in [-0.2, -0.15) is 0 Å². The highest BCUT2D eigenvalue weighted by atomic mass is 127. The van der Waals surface area contributed by atoms with Crippen LogP contribution in [0.15, 0.2) is 30.3 Å². The lowest BCUT2D eigenvalue weighted by Gasteiger charge is -2.39. The van der Waals surface area contributed by atoms with Gasteiger partial charge in [0.15, 0.2) is 6.29 Å². The van der Waals surface area contributed by atoms with E-state index in [2.05, 4.69) is 22.6 Å². The minimum atomic E-state index is -0.523. The molecule has 6 heteroatoms. The quantitative estimate of drug-likeness (QED) is 0.470. The van der Waals surface area contributed by atoms with Crippen LogP contribution in [-0.4, -0.2) is 40.1 Å². The summed E-state index contributed by atoms with van der Waals surface area (Å²) in [5.74, 6) is -0.326. The Bertz CT molecular complexity index is 494. The molecule has 2 aliphatic rings. The van der Waals surface area contributed by atoms with Crippen molar-refractivity contribution >= 4 is 28.6 Å². The maximum absolute atomic E-state index is 11.6. The predicted octanol–water partition coefficient (Wildman–Crippen LogP) is 1.66. The van der Waals surface area contributed by atoms with Crippen LogP contribution in [0.2, 0.25) is 0 Å². The fraction of sp³-hybridized carbons (Fsp3) is 0.533. The molecule has 1 aromatic rings. The van der Waals surface area contributed by atoms with Gasteiger partial charge in [-0.25, -0.2) is 0 Å². The second-order valence-electron chi connectivity index (χ2n) is 5.29. The van der Waals surface area contributed by atoms with Crippen molar-refractivity contribution in [3.05, 3.63) is 35.9 Å². The van der Waals surface area contributed by atoms with E-state index < -0.39 is 6.29 Å².